The zero-order chi connectivity index (χ0) is 16.2. The molecule has 0 aliphatic carbocycles. The molecule has 0 radical (unpaired) electrons. The Kier molecular flexibility index (Phi) is 5.15. The van der Waals surface area contributed by atoms with Gasteiger partial charge in [-0.2, -0.15) is 0 Å². The summed E-state index contributed by atoms with van der Waals surface area (Å²) in [4.78, 5) is 14.2. The van der Waals surface area contributed by atoms with E-state index in [0.717, 1.165) is 25.3 Å². The number of hydrogen-bond acceptors (Lipinski definition) is 5. The highest BCUT2D eigenvalue weighted by atomic mass is 35.5. The van der Waals surface area contributed by atoms with E-state index in [1.165, 1.54) is 29.9 Å². The molecule has 23 heavy (non-hydrogen) atoms. The zero-order valence-electron chi connectivity index (χ0n) is 12.6. The van der Waals surface area contributed by atoms with E-state index >= 15 is 0 Å². The van der Waals surface area contributed by atoms with Crippen LogP contribution in [0.15, 0.2) is 35.7 Å². The maximum atomic E-state index is 10.8. The van der Waals surface area contributed by atoms with Gasteiger partial charge in [-0.25, -0.2) is 0 Å². The van der Waals surface area contributed by atoms with Crippen molar-refractivity contribution in [3.05, 3.63) is 55.7 Å². The van der Waals surface area contributed by atoms with Crippen molar-refractivity contribution in [3.8, 4) is 0 Å². The molecule has 1 saturated heterocycles. The lowest BCUT2D eigenvalue weighted by Crippen LogP contribution is -2.30. The monoisotopic (exact) mass is 351 g/mol. The van der Waals surface area contributed by atoms with E-state index in [9.17, 15) is 10.1 Å². The number of rotatable bonds is 6. The molecule has 1 unspecified atom stereocenters. The second-order valence-corrected chi connectivity index (χ2v) is 6.96. The molecule has 1 fully saturated rings. The summed E-state index contributed by atoms with van der Waals surface area (Å²) in [6, 6.07) is 9.08. The van der Waals surface area contributed by atoms with Gasteiger partial charge in [0, 0.05) is 23.6 Å². The third kappa shape index (κ3) is 3.83. The van der Waals surface area contributed by atoms with Gasteiger partial charge in [-0.1, -0.05) is 17.7 Å². The minimum absolute atomic E-state index is 0.00917. The number of hydrogen-bond donors (Lipinski definition) is 1. The second kappa shape index (κ2) is 7.29. The molecular formula is C16H18ClN3O2S. The Labute approximate surface area is 144 Å². The van der Waals surface area contributed by atoms with Gasteiger partial charge in [0.25, 0.3) is 5.69 Å². The predicted molar refractivity (Wildman–Crippen MR) is 94.5 cm³/mol. The van der Waals surface area contributed by atoms with Gasteiger partial charge < -0.3 is 5.32 Å². The Morgan fingerprint density at radius 3 is 2.74 bits per heavy atom. The first-order chi connectivity index (χ1) is 11.1. The minimum atomic E-state index is -0.436. The van der Waals surface area contributed by atoms with Gasteiger partial charge in [0.05, 0.1) is 21.7 Å². The average Bonchev–Trinajstić information content (AvgIpc) is 3.22. The number of halogens is 1. The van der Waals surface area contributed by atoms with Crippen LogP contribution in [0.4, 0.5) is 11.4 Å². The van der Waals surface area contributed by atoms with Gasteiger partial charge in [0.2, 0.25) is 0 Å². The quantitative estimate of drug-likeness (QED) is 0.612. The molecule has 0 amide bonds. The van der Waals surface area contributed by atoms with Crippen molar-refractivity contribution in [3.63, 3.8) is 0 Å². The summed E-state index contributed by atoms with van der Waals surface area (Å²) in [5.74, 6) is 0. The van der Waals surface area contributed by atoms with Crippen LogP contribution in [0.25, 0.3) is 0 Å². The van der Waals surface area contributed by atoms with E-state index in [0.29, 0.717) is 11.1 Å². The number of nitro benzene ring substituents is 1. The van der Waals surface area contributed by atoms with Crippen molar-refractivity contribution in [2.24, 2.45) is 0 Å². The number of nitro groups is 1. The number of likely N-dealkylation sites (tertiary alicyclic amines) is 1. The fraction of sp³-hybridized carbons (Fsp3) is 0.375. The first kappa shape index (κ1) is 16.2. The summed E-state index contributed by atoms with van der Waals surface area (Å²) in [6.45, 7) is 2.95. The summed E-state index contributed by atoms with van der Waals surface area (Å²) < 4.78 is 0. The Bertz CT molecular complexity index is 672. The lowest BCUT2D eigenvalue weighted by Gasteiger charge is -2.27. The summed E-state index contributed by atoms with van der Waals surface area (Å²) >= 11 is 7.92. The minimum Gasteiger partial charge on any atom is -0.382 e. The summed E-state index contributed by atoms with van der Waals surface area (Å²) in [5, 5.41) is 16.6. The van der Waals surface area contributed by atoms with Crippen LogP contribution in [0.5, 0.6) is 0 Å². The fourth-order valence-corrected chi connectivity index (χ4v) is 4.01. The van der Waals surface area contributed by atoms with Gasteiger partial charge in [-0.05, 0) is 43.4 Å². The maximum Gasteiger partial charge on any atom is 0.271 e. The number of thiophene rings is 1. The molecule has 0 saturated carbocycles. The topological polar surface area (TPSA) is 58.4 Å². The van der Waals surface area contributed by atoms with Crippen molar-refractivity contribution in [2.75, 3.05) is 25.0 Å². The molecule has 2 aromatic rings. The summed E-state index contributed by atoms with van der Waals surface area (Å²) in [7, 11) is 0. The van der Waals surface area contributed by atoms with Crippen LogP contribution in [0.2, 0.25) is 5.02 Å². The summed E-state index contributed by atoms with van der Waals surface area (Å²) in [6.07, 6.45) is 2.47. The van der Waals surface area contributed by atoms with Crippen molar-refractivity contribution in [1.82, 2.24) is 4.90 Å². The molecule has 0 bridgehead atoms. The number of nitrogens with zero attached hydrogens (tertiary/aromatic N) is 2. The van der Waals surface area contributed by atoms with E-state index in [4.69, 9.17) is 11.6 Å². The lowest BCUT2D eigenvalue weighted by molar-refractivity contribution is -0.384. The second-order valence-electron chi connectivity index (χ2n) is 5.58. The SMILES string of the molecule is O=[N+]([O-])c1ccc(NCC(c2cccs2)N2CCCC2)c(Cl)c1. The third-order valence-corrected chi connectivity index (χ3v) is 5.39. The van der Waals surface area contributed by atoms with Crippen molar-refractivity contribution in [2.45, 2.75) is 18.9 Å². The molecule has 1 aromatic heterocycles. The molecule has 2 heterocycles. The largest absolute Gasteiger partial charge is 0.382 e. The molecule has 7 heteroatoms. The van der Waals surface area contributed by atoms with Crippen LogP contribution in [0.1, 0.15) is 23.8 Å². The highest BCUT2D eigenvalue weighted by Crippen LogP contribution is 2.31. The Hall–Kier alpha value is -1.63. The molecule has 0 spiro atoms. The van der Waals surface area contributed by atoms with Crippen molar-refractivity contribution in [1.29, 1.82) is 0 Å². The van der Waals surface area contributed by atoms with Gasteiger partial charge in [0.1, 0.15) is 0 Å². The zero-order valence-corrected chi connectivity index (χ0v) is 14.1. The van der Waals surface area contributed by atoms with Crippen molar-refractivity contribution >= 4 is 34.3 Å². The number of benzene rings is 1. The fourth-order valence-electron chi connectivity index (χ4n) is 2.91. The molecule has 1 aliphatic heterocycles. The maximum absolute atomic E-state index is 10.8. The van der Waals surface area contributed by atoms with Crippen LogP contribution in [-0.4, -0.2) is 29.5 Å². The van der Waals surface area contributed by atoms with Crippen LogP contribution in [-0.2, 0) is 0 Å². The van der Waals surface area contributed by atoms with E-state index in [-0.39, 0.29) is 5.69 Å². The molecule has 1 aliphatic rings. The van der Waals surface area contributed by atoms with Crippen LogP contribution >= 0.6 is 22.9 Å². The normalized spacial score (nSPS) is 16.4. The number of anilines is 1. The van der Waals surface area contributed by atoms with Crippen LogP contribution in [0, 0.1) is 10.1 Å². The van der Waals surface area contributed by atoms with E-state index < -0.39 is 4.92 Å². The first-order valence-electron chi connectivity index (χ1n) is 7.60. The lowest BCUT2D eigenvalue weighted by atomic mass is 10.2. The van der Waals surface area contributed by atoms with Gasteiger partial charge >= 0.3 is 0 Å². The molecular weight excluding hydrogens is 334 g/mol. The van der Waals surface area contributed by atoms with Crippen molar-refractivity contribution < 1.29 is 4.92 Å². The van der Waals surface area contributed by atoms with E-state index in [1.54, 1.807) is 17.4 Å². The first-order valence-corrected chi connectivity index (χ1v) is 8.86. The Morgan fingerprint density at radius 1 is 1.35 bits per heavy atom. The number of nitrogens with one attached hydrogen (secondary N) is 1. The number of non-ortho nitro benzene ring substituents is 1. The Balaban J connectivity index is 1.72. The van der Waals surface area contributed by atoms with Gasteiger partial charge in [0.15, 0.2) is 0 Å². The average molecular weight is 352 g/mol. The Morgan fingerprint density at radius 2 is 2.13 bits per heavy atom. The molecule has 1 atom stereocenters. The summed E-state index contributed by atoms with van der Waals surface area (Å²) in [5.41, 5.74) is 0.743. The van der Waals surface area contributed by atoms with Crippen LogP contribution < -0.4 is 5.32 Å². The molecule has 1 N–H and O–H groups in total. The predicted octanol–water partition coefficient (Wildman–Crippen LogP) is 4.56. The van der Waals surface area contributed by atoms with Gasteiger partial charge in [-0.3, -0.25) is 15.0 Å². The van der Waals surface area contributed by atoms with E-state index in [2.05, 4.69) is 27.7 Å². The smallest absolute Gasteiger partial charge is 0.271 e. The molecule has 5 nitrogen and oxygen atoms in total. The standard InChI is InChI=1S/C16H18ClN3O2S/c17-13-10-12(20(21)22)5-6-14(13)18-11-15(16-4-3-9-23-16)19-7-1-2-8-19/h3-6,9-10,15,18H,1-2,7-8,11H2. The highest BCUT2D eigenvalue weighted by Gasteiger charge is 2.24. The van der Waals surface area contributed by atoms with E-state index in [1.807, 2.05) is 0 Å². The highest BCUT2D eigenvalue weighted by molar-refractivity contribution is 7.10. The third-order valence-electron chi connectivity index (χ3n) is 4.10. The molecule has 3 rings (SSSR count). The molecule has 122 valence electrons. The van der Waals surface area contributed by atoms with Gasteiger partial charge in [-0.15, -0.1) is 11.3 Å². The van der Waals surface area contributed by atoms with Crippen LogP contribution in [0.3, 0.4) is 0 Å². The molecule has 1 aromatic carbocycles.